The summed E-state index contributed by atoms with van der Waals surface area (Å²) in [5.41, 5.74) is 2.39. The number of ether oxygens (including phenoxy) is 1. The zero-order chi connectivity index (χ0) is 20.9. The van der Waals surface area contributed by atoms with Crippen molar-refractivity contribution < 1.29 is 22.7 Å². The Balaban J connectivity index is 1.59. The average Bonchev–Trinajstić information content (AvgIpc) is 2.72. The first-order valence-corrected chi connectivity index (χ1v) is 11.0. The van der Waals surface area contributed by atoms with Crippen molar-refractivity contribution in [1.82, 2.24) is 10.0 Å². The summed E-state index contributed by atoms with van der Waals surface area (Å²) in [5, 5.41) is 2.91. The SMILES string of the molecule is CCNS(=O)(=O)c1cccc(C(=O)OCC(=O)NC2CCCc3ccccc32)c1. The molecule has 3 rings (SSSR count). The van der Waals surface area contributed by atoms with E-state index in [0.717, 1.165) is 24.8 Å². The van der Waals surface area contributed by atoms with Crippen LogP contribution in [0.2, 0.25) is 0 Å². The lowest BCUT2D eigenvalue weighted by molar-refractivity contribution is -0.125. The standard InChI is InChI=1S/C21H24N2O5S/c1-2-22-29(26,27)17-10-5-9-16(13-17)21(25)28-14-20(24)23-19-12-6-8-15-7-3-4-11-18(15)19/h3-5,7,9-11,13,19,22H,2,6,8,12,14H2,1H3,(H,23,24). The van der Waals surface area contributed by atoms with Crippen molar-refractivity contribution in [3.8, 4) is 0 Å². The van der Waals surface area contributed by atoms with Crippen LogP contribution in [0.3, 0.4) is 0 Å². The molecule has 7 nitrogen and oxygen atoms in total. The lowest BCUT2D eigenvalue weighted by Gasteiger charge is -2.26. The van der Waals surface area contributed by atoms with Gasteiger partial charge in [0.2, 0.25) is 10.0 Å². The molecule has 0 radical (unpaired) electrons. The Morgan fingerprint density at radius 3 is 2.72 bits per heavy atom. The molecule has 0 aromatic heterocycles. The van der Waals surface area contributed by atoms with Crippen LogP contribution in [-0.4, -0.2) is 33.4 Å². The van der Waals surface area contributed by atoms with E-state index in [1.165, 1.54) is 29.8 Å². The molecular weight excluding hydrogens is 392 g/mol. The highest BCUT2D eigenvalue weighted by atomic mass is 32.2. The van der Waals surface area contributed by atoms with Crippen molar-refractivity contribution in [3.63, 3.8) is 0 Å². The summed E-state index contributed by atoms with van der Waals surface area (Å²) in [4.78, 5) is 24.5. The Morgan fingerprint density at radius 1 is 1.14 bits per heavy atom. The third kappa shape index (κ3) is 5.21. The second-order valence-electron chi connectivity index (χ2n) is 6.82. The first-order valence-electron chi connectivity index (χ1n) is 9.54. The number of benzene rings is 2. The average molecular weight is 416 g/mol. The fourth-order valence-electron chi connectivity index (χ4n) is 3.42. The van der Waals surface area contributed by atoms with Gasteiger partial charge in [-0.1, -0.05) is 37.3 Å². The van der Waals surface area contributed by atoms with E-state index in [-0.39, 0.29) is 23.0 Å². The van der Waals surface area contributed by atoms with Gasteiger partial charge in [0.1, 0.15) is 0 Å². The highest BCUT2D eigenvalue weighted by Gasteiger charge is 2.22. The topological polar surface area (TPSA) is 102 Å². The normalized spacial score (nSPS) is 16.0. The Morgan fingerprint density at radius 2 is 1.93 bits per heavy atom. The summed E-state index contributed by atoms with van der Waals surface area (Å²) in [6.45, 7) is 1.47. The van der Waals surface area contributed by atoms with Gasteiger partial charge in [-0.2, -0.15) is 0 Å². The fraction of sp³-hybridized carbons (Fsp3) is 0.333. The molecule has 0 saturated carbocycles. The summed E-state index contributed by atoms with van der Waals surface area (Å²) in [7, 11) is -3.68. The molecule has 0 fully saturated rings. The molecule has 2 N–H and O–H groups in total. The number of carbonyl (C=O) groups excluding carboxylic acids is 2. The van der Waals surface area contributed by atoms with Gasteiger partial charge >= 0.3 is 5.97 Å². The molecular formula is C21H24N2O5S. The number of nitrogens with one attached hydrogen (secondary N) is 2. The van der Waals surface area contributed by atoms with Gasteiger partial charge < -0.3 is 10.1 Å². The van der Waals surface area contributed by atoms with Gasteiger partial charge in [0, 0.05) is 6.54 Å². The minimum Gasteiger partial charge on any atom is -0.452 e. The predicted octanol–water partition coefficient (Wildman–Crippen LogP) is 2.34. The van der Waals surface area contributed by atoms with Gasteiger partial charge in [-0.25, -0.2) is 17.9 Å². The number of fused-ring (bicyclic) bond motifs is 1. The van der Waals surface area contributed by atoms with Gasteiger partial charge in [-0.15, -0.1) is 0 Å². The maximum absolute atomic E-state index is 12.3. The molecule has 1 aliphatic carbocycles. The number of hydrogen-bond donors (Lipinski definition) is 2. The molecule has 0 heterocycles. The molecule has 0 aliphatic heterocycles. The lowest BCUT2D eigenvalue weighted by Crippen LogP contribution is -2.34. The summed E-state index contributed by atoms with van der Waals surface area (Å²) >= 11 is 0. The Bertz CT molecular complexity index is 1000. The zero-order valence-corrected chi connectivity index (χ0v) is 17.0. The third-order valence-corrected chi connectivity index (χ3v) is 6.30. The van der Waals surface area contributed by atoms with E-state index in [0.29, 0.717) is 0 Å². The summed E-state index contributed by atoms with van der Waals surface area (Å²) in [6.07, 6.45) is 2.81. The minimum atomic E-state index is -3.68. The molecule has 1 amide bonds. The van der Waals surface area contributed by atoms with Gasteiger partial charge in [0.05, 0.1) is 16.5 Å². The van der Waals surface area contributed by atoms with Crippen molar-refractivity contribution in [2.45, 2.75) is 37.1 Å². The van der Waals surface area contributed by atoms with Crippen molar-refractivity contribution in [2.24, 2.45) is 0 Å². The summed E-state index contributed by atoms with van der Waals surface area (Å²) in [5.74, 6) is -1.14. The van der Waals surface area contributed by atoms with E-state index in [2.05, 4.69) is 16.1 Å². The van der Waals surface area contributed by atoms with E-state index in [9.17, 15) is 18.0 Å². The highest BCUT2D eigenvalue weighted by molar-refractivity contribution is 7.89. The fourth-order valence-corrected chi connectivity index (χ4v) is 4.50. The number of carbonyl (C=O) groups is 2. The molecule has 1 atom stereocenters. The molecule has 2 aromatic carbocycles. The summed E-state index contributed by atoms with van der Waals surface area (Å²) in [6, 6.07) is 13.4. The van der Waals surface area contributed by atoms with Crippen LogP contribution >= 0.6 is 0 Å². The second-order valence-corrected chi connectivity index (χ2v) is 8.58. The van der Waals surface area contributed by atoms with Crippen LogP contribution in [0.25, 0.3) is 0 Å². The maximum atomic E-state index is 12.3. The number of amides is 1. The Labute approximate surface area is 170 Å². The van der Waals surface area contributed by atoms with E-state index >= 15 is 0 Å². The van der Waals surface area contributed by atoms with Gasteiger partial charge in [0.15, 0.2) is 6.61 Å². The van der Waals surface area contributed by atoms with Crippen molar-refractivity contribution in [1.29, 1.82) is 0 Å². The number of esters is 1. The van der Waals surface area contributed by atoms with Crippen molar-refractivity contribution in [2.75, 3.05) is 13.2 Å². The molecule has 29 heavy (non-hydrogen) atoms. The van der Waals surface area contributed by atoms with Crippen molar-refractivity contribution >= 4 is 21.9 Å². The van der Waals surface area contributed by atoms with Crippen LogP contribution < -0.4 is 10.0 Å². The first-order chi connectivity index (χ1) is 13.9. The van der Waals surface area contributed by atoms with Crippen LogP contribution in [0.1, 0.15) is 47.3 Å². The van der Waals surface area contributed by atoms with Crippen LogP contribution in [0.5, 0.6) is 0 Å². The second kappa shape index (κ2) is 9.19. The Kier molecular flexibility index (Phi) is 6.66. The predicted molar refractivity (Wildman–Crippen MR) is 108 cm³/mol. The lowest BCUT2D eigenvalue weighted by atomic mass is 9.88. The quantitative estimate of drug-likeness (QED) is 0.675. The van der Waals surface area contributed by atoms with Crippen LogP contribution in [0.4, 0.5) is 0 Å². The van der Waals surface area contributed by atoms with Crippen molar-refractivity contribution in [3.05, 3.63) is 65.2 Å². The van der Waals surface area contributed by atoms with E-state index in [1.54, 1.807) is 6.92 Å². The molecule has 0 spiro atoms. The molecule has 2 aromatic rings. The Hall–Kier alpha value is -2.71. The number of hydrogen-bond acceptors (Lipinski definition) is 5. The summed E-state index contributed by atoms with van der Waals surface area (Å²) < 4.78 is 31.6. The molecule has 1 unspecified atom stereocenters. The number of rotatable bonds is 7. The highest BCUT2D eigenvalue weighted by Crippen LogP contribution is 2.29. The number of aryl methyl sites for hydroxylation is 1. The zero-order valence-electron chi connectivity index (χ0n) is 16.2. The van der Waals surface area contributed by atoms with E-state index in [4.69, 9.17) is 4.74 Å². The minimum absolute atomic E-state index is 0.0305. The molecule has 0 bridgehead atoms. The first kappa shape index (κ1) is 21.0. The van der Waals surface area contributed by atoms with Gasteiger partial charge in [-0.05, 0) is 48.6 Å². The van der Waals surface area contributed by atoms with Gasteiger partial charge in [0.25, 0.3) is 5.91 Å². The van der Waals surface area contributed by atoms with E-state index in [1.807, 2.05) is 18.2 Å². The third-order valence-electron chi connectivity index (χ3n) is 4.75. The smallest absolute Gasteiger partial charge is 0.338 e. The largest absolute Gasteiger partial charge is 0.452 e. The molecule has 154 valence electrons. The monoisotopic (exact) mass is 416 g/mol. The van der Waals surface area contributed by atoms with Crippen LogP contribution in [0.15, 0.2) is 53.4 Å². The number of sulfonamides is 1. The van der Waals surface area contributed by atoms with Crippen LogP contribution in [0, 0.1) is 0 Å². The molecule has 0 saturated heterocycles. The molecule has 1 aliphatic rings. The molecule has 8 heteroatoms. The van der Waals surface area contributed by atoms with Crippen LogP contribution in [-0.2, 0) is 26.0 Å². The van der Waals surface area contributed by atoms with Gasteiger partial charge in [-0.3, -0.25) is 4.79 Å². The maximum Gasteiger partial charge on any atom is 0.338 e. The van der Waals surface area contributed by atoms with E-state index < -0.39 is 28.5 Å².